The van der Waals surface area contributed by atoms with Crippen LogP contribution in [0.2, 0.25) is 5.02 Å². The summed E-state index contributed by atoms with van der Waals surface area (Å²) in [6, 6.07) is 29.4. The molecule has 0 spiro atoms. The number of nitrogens with one attached hydrogen (secondary N) is 4. The predicted octanol–water partition coefficient (Wildman–Crippen LogP) is 6.44. The zero-order chi connectivity index (χ0) is 29.9. The van der Waals surface area contributed by atoms with Crippen LogP contribution in [0.15, 0.2) is 114 Å². The molecule has 212 valence electrons. The van der Waals surface area contributed by atoms with Crippen LogP contribution in [-0.2, 0) is 14.4 Å². The third-order valence-electron chi connectivity index (χ3n) is 5.68. The summed E-state index contributed by atoms with van der Waals surface area (Å²) in [4.78, 5) is 50.4. The molecule has 0 heterocycles. The lowest BCUT2D eigenvalue weighted by molar-refractivity contribution is -0.114. The highest BCUT2D eigenvalue weighted by atomic mass is 35.5. The van der Waals surface area contributed by atoms with Crippen molar-refractivity contribution >= 4 is 70.1 Å². The molecular formula is C32H27ClN4O4S. The maximum Gasteiger partial charge on any atom is 0.272 e. The summed E-state index contributed by atoms with van der Waals surface area (Å²) in [5.41, 5.74) is 2.95. The molecule has 4 N–H and O–H groups in total. The number of thioether (sulfide) groups is 1. The molecule has 8 nitrogen and oxygen atoms in total. The van der Waals surface area contributed by atoms with E-state index in [1.165, 1.54) is 18.7 Å². The largest absolute Gasteiger partial charge is 0.326 e. The minimum absolute atomic E-state index is 0.0615. The van der Waals surface area contributed by atoms with E-state index in [0.29, 0.717) is 33.2 Å². The van der Waals surface area contributed by atoms with Crippen LogP contribution in [-0.4, -0.2) is 29.4 Å². The molecule has 0 aromatic heterocycles. The van der Waals surface area contributed by atoms with Crippen LogP contribution in [0.3, 0.4) is 0 Å². The minimum Gasteiger partial charge on any atom is -0.326 e. The number of carbonyl (C=O) groups is 4. The Labute approximate surface area is 252 Å². The van der Waals surface area contributed by atoms with Gasteiger partial charge in [-0.2, -0.15) is 0 Å². The number of halogens is 1. The van der Waals surface area contributed by atoms with Gasteiger partial charge < -0.3 is 21.3 Å². The fraction of sp³-hybridized carbons (Fsp3) is 0.0625. The number of benzene rings is 4. The maximum absolute atomic E-state index is 13.2. The van der Waals surface area contributed by atoms with Crippen LogP contribution in [0.5, 0.6) is 0 Å². The van der Waals surface area contributed by atoms with Gasteiger partial charge in [0, 0.05) is 39.5 Å². The lowest BCUT2D eigenvalue weighted by atomic mass is 10.1. The summed E-state index contributed by atoms with van der Waals surface area (Å²) in [7, 11) is 0. The predicted molar refractivity (Wildman–Crippen MR) is 169 cm³/mol. The molecule has 0 saturated heterocycles. The van der Waals surface area contributed by atoms with Gasteiger partial charge in [0.15, 0.2) is 0 Å². The molecule has 10 heteroatoms. The zero-order valence-electron chi connectivity index (χ0n) is 22.5. The zero-order valence-corrected chi connectivity index (χ0v) is 24.1. The molecule has 0 aliphatic rings. The first kappa shape index (κ1) is 30.1. The third kappa shape index (κ3) is 9.36. The first-order chi connectivity index (χ1) is 20.2. The fourth-order valence-corrected chi connectivity index (χ4v) is 4.51. The maximum atomic E-state index is 13.2. The highest BCUT2D eigenvalue weighted by molar-refractivity contribution is 8.00. The average molecular weight is 599 g/mol. The van der Waals surface area contributed by atoms with Gasteiger partial charge in [-0.1, -0.05) is 41.9 Å². The van der Waals surface area contributed by atoms with Gasteiger partial charge in [-0.05, 0) is 84.4 Å². The Bertz CT molecular complexity index is 1590. The van der Waals surface area contributed by atoms with E-state index in [2.05, 4.69) is 21.3 Å². The van der Waals surface area contributed by atoms with E-state index in [9.17, 15) is 19.2 Å². The molecule has 4 amide bonds. The monoisotopic (exact) mass is 598 g/mol. The molecule has 0 fully saturated rings. The van der Waals surface area contributed by atoms with E-state index in [4.69, 9.17) is 11.6 Å². The Morgan fingerprint density at radius 1 is 0.714 bits per heavy atom. The molecule has 42 heavy (non-hydrogen) atoms. The Morgan fingerprint density at radius 2 is 1.29 bits per heavy atom. The van der Waals surface area contributed by atoms with E-state index in [0.717, 1.165) is 4.90 Å². The molecule has 4 aromatic rings. The summed E-state index contributed by atoms with van der Waals surface area (Å²) in [6.07, 6.45) is 1.57. The molecule has 4 rings (SSSR count). The van der Waals surface area contributed by atoms with Gasteiger partial charge in [0.1, 0.15) is 5.70 Å². The van der Waals surface area contributed by atoms with Crippen LogP contribution >= 0.6 is 23.4 Å². The van der Waals surface area contributed by atoms with Gasteiger partial charge in [-0.25, -0.2) is 0 Å². The minimum atomic E-state index is -0.501. The van der Waals surface area contributed by atoms with E-state index in [-0.39, 0.29) is 23.3 Å². The number of hydrogen-bond acceptors (Lipinski definition) is 5. The molecule has 4 aromatic carbocycles. The summed E-state index contributed by atoms with van der Waals surface area (Å²) >= 11 is 7.33. The molecule has 0 bridgehead atoms. The Morgan fingerprint density at radius 3 is 1.90 bits per heavy atom. The van der Waals surface area contributed by atoms with Crippen molar-refractivity contribution < 1.29 is 19.2 Å². The Balaban J connectivity index is 1.36. The lowest BCUT2D eigenvalue weighted by Gasteiger charge is -2.12. The molecule has 0 aliphatic heterocycles. The second-order valence-corrected chi connectivity index (χ2v) is 10.5. The van der Waals surface area contributed by atoms with Gasteiger partial charge >= 0.3 is 0 Å². The molecule has 0 atom stereocenters. The van der Waals surface area contributed by atoms with Gasteiger partial charge in [0.2, 0.25) is 11.8 Å². The normalized spacial score (nSPS) is 10.9. The quantitative estimate of drug-likeness (QED) is 0.124. The molecule has 0 saturated carbocycles. The lowest BCUT2D eigenvalue weighted by Crippen LogP contribution is -2.30. The molecular weight excluding hydrogens is 572 g/mol. The summed E-state index contributed by atoms with van der Waals surface area (Å²) in [5, 5.41) is 11.6. The first-order valence-electron chi connectivity index (χ1n) is 12.8. The second kappa shape index (κ2) is 14.7. The smallest absolute Gasteiger partial charge is 0.272 e. The topological polar surface area (TPSA) is 116 Å². The number of hydrogen-bond donors (Lipinski definition) is 4. The summed E-state index contributed by atoms with van der Waals surface area (Å²) in [5.74, 6) is -1.09. The fourth-order valence-electron chi connectivity index (χ4n) is 3.69. The standard InChI is InChI=1S/C32H27ClN4O4S/c1-21(38)34-25-11-13-26(14-12-25)35-30(39)20-42-28-17-15-27(16-18-28)36-32(41)29(19-22-7-9-24(33)10-8-22)37-31(40)23-5-3-2-4-6-23/h2-19H,20H2,1H3,(H,34,38)(H,35,39)(H,36,41)(H,37,40)/b29-19-. The van der Waals surface area contributed by atoms with Gasteiger partial charge in [0.05, 0.1) is 5.75 Å². The second-order valence-electron chi connectivity index (χ2n) is 9.00. The molecule has 0 aliphatic carbocycles. The van der Waals surface area contributed by atoms with Crippen molar-refractivity contribution in [3.8, 4) is 0 Å². The highest BCUT2D eigenvalue weighted by Crippen LogP contribution is 2.22. The van der Waals surface area contributed by atoms with Crippen molar-refractivity contribution in [2.24, 2.45) is 0 Å². The van der Waals surface area contributed by atoms with Crippen molar-refractivity contribution in [1.29, 1.82) is 0 Å². The number of amides is 4. The van der Waals surface area contributed by atoms with Gasteiger partial charge in [0.25, 0.3) is 11.8 Å². The third-order valence-corrected chi connectivity index (χ3v) is 6.94. The van der Waals surface area contributed by atoms with Gasteiger partial charge in [-0.15, -0.1) is 11.8 Å². The van der Waals surface area contributed by atoms with Crippen LogP contribution in [0.25, 0.3) is 6.08 Å². The number of anilines is 3. The number of carbonyl (C=O) groups excluding carboxylic acids is 4. The SMILES string of the molecule is CC(=O)Nc1ccc(NC(=O)CSc2ccc(NC(=O)/C(=C/c3ccc(Cl)cc3)NC(=O)c3ccccc3)cc2)cc1. The van der Waals surface area contributed by atoms with Crippen LogP contribution in [0.1, 0.15) is 22.8 Å². The van der Waals surface area contributed by atoms with Crippen molar-refractivity contribution in [1.82, 2.24) is 5.32 Å². The van der Waals surface area contributed by atoms with Crippen LogP contribution in [0.4, 0.5) is 17.1 Å². The van der Waals surface area contributed by atoms with Crippen molar-refractivity contribution in [2.75, 3.05) is 21.7 Å². The molecule has 0 unspecified atom stereocenters. The average Bonchev–Trinajstić information content (AvgIpc) is 2.98. The number of rotatable bonds is 10. The molecule has 0 radical (unpaired) electrons. The summed E-state index contributed by atoms with van der Waals surface area (Å²) in [6.45, 7) is 1.43. The van der Waals surface area contributed by atoms with Crippen molar-refractivity contribution in [3.05, 3.63) is 125 Å². The van der Waals surface area contributed by atoms with Gasteiger partial charge in [-0.3, -0.25) is 19.2 Å². The van der Waals surface area contributed by atoms with E-state index in [1.54, 1.807) is 109 Å². The van der Waals surface area contributed by atoms with E-state index >= 15 is 0 Å². The Hall–Kier alpha value is -4.86. The van der Waals surface area contributed by atoms with E-state index in [1.807, 2.05) is 0 Å². The van der Waals surface area contributed by atoms with Crippen LogP contribution < -0.4 is 21.3 Å². The van der Waals surface area contributed by atoms with Crippen molar-refractivity contribution in [3.63, 3.8) is 0 Å². The highest BCUT2D eigenvalue weighted by Gasteiger charge is 2.15. The van der Waals surface area contributed by atoms with Crippen molar-refractivity contribution in [2.45, 2.75) is 11.8 Å². The van der Waals surface area contributed by atoms with Crippen LogP contribution in [0, 0.1) is 0 Å². The summed E-state index contributed by atoms with van der Waals surface area (Å²) < 4.78 is 0. The Kier molecular flexibility index (Phi) is 10.5. The first-order valence-corrected chi connectivity index (χ1v) is 14.2. The van der Waals surface area contributed by atoms with E-state index < -0.39 is 11.8 Å².